The summed E-state index contributed by atoms with van der Waals surface area (Å²) in [5, 5.41) is 0. The number of benzene rings is 2. The number of amides is 1. The summed E-state index contributed by atoms with van der Waals surface area (Å²) in [6.07, 6.45) is 0. The molecule has 0 aliphatic carbocycles. The van der Waals surface area contributed by atoms with E-state index in [0.717, 1.165) is 21.4 Å². The number of hydrogen-bond donors (Lipinski definition) is 0. The SMILES string of the molecule is CCOCCn1c(=NC(=O)c2ccc(C)cc2C)sc2c(C)cc(C)cc21. The molecule has 0 aliphatic heterocycles. The molecular weight excluding hydrogens is 356 g/mol. The molecule has 5 heteroatoms. The van der Waals surface area contributed by atoms with Crippen molar-refractivity contribution in [2.24, 2.45) is 4.99 Å². The van der Waals surface area contributed by atoms with Gasteiger partial charge in [-0.15, -0.1) is 0 Å². The third-order valence-electron chi connectivity index (χ3n) is 4.59. The second-order valence-corrected chi connectivity index (χ2v) is 7.88. The number of fused-ring (bicyclic) bond motifs is 1. The lowest BCUT2D eigenvalue weighted by Gasteiger charge is -2.07. The monoisotopic (exact) mass is 382 g/mol. The summed E-state index contributed by atoms with van der Waals surface area (Å²) in [4.78, 5) is 18.1. The van der Waals surface area contributed by atoms with Crippen molar-refractivity contribution >= 4 is 27.5 Å². The topological polar surface area (TPSA) is 43.6 Å². The molecule has 1 amide bonds. The molecule has 0 fully saturated rings. The Morgan fingerprint density at radius 2 is 1.81 bits per heavy atom. The van der Waals surface area contributed by atoms with Crippen LogP contribution in [0.2, 0.25) is 0 Å². The first kappa shape index (κ1) is 19.5. The third-order valence-corrected chi connectivity index (χ3v) is 5.82. The van der Waals surface area contributed by atoms with Crippen molar-refractivity contribution in [1.82, 2.24) is 4.57 Å². The molecule has 142 valence electrons. The first-order chi connectivity index (χ1) is 12.9. The van der Waals surface area contributed by atoms with Gasteiger partial charge in [0.15, 0.2) is 4.80 Å². The normalized spacial score (nSPS) is 12.1. The Morgan fingerprint density at radius 1 is 1.07 bits per heavy atom. The fourth-order valence-electron chi connectivity index (χ4n) is 3.31. The van der Waals surface area contributed by atoms with Crippen molar-refractivity contribution in [1.29, 1.82) is 0 Å². The van der Waals surface area contributed by atoms with Crippen molar-refractivity contribution in [2.45, 2.75) is 41.2 Å². The highest BCUT2D eigenvalue weighted by Gasteiger charge is 2.13. The van der Waals surface area contributed by atoms with E-state index < -0.39 is 0 Å². The molecule has 0 spiro atoms. The summed E-state index contributed by atoms with van der Waals surface area (Å²) in [6.45, 7) is 12.1. The predicted octanol–water partition coefficient (Wildman–Crippen LogP) is 4.71. The van der Waals surface area contributed by atoms with Crippen LogP contribution in [0, 0.1) is 27.7 Å². The van der Waals surface area contributed by atoms with Crippen LogP contribution in [-0.2, 0) is 11.3 Å². The molecule has 3 rings (SSSR count). The Labute approximate surface area is 164 Å². The Bertz CT molecular complexity index is 1060. The molecule has 0 saturated carbocycles. The molecule has 0 bridgehead atoms. The van der Waals surface area contributed by atoms with Gasteiger partial charge in [-0.2, -0.15) is 4.99 Å². The molecule has 0 N–H and O–H groups in total. The molecule has 4 nitrogen and oxygen atoms in total. The van der Waals surface area contributed by atoms with Gasteiger partial charge in [-0.1, -0.05) is 35.1 Å². The second kappa shape index (κ2) is 8.19. The molecular formula is C22H26N2O2S. The minimum absolute atomic E-state index is 0.196. The number of nitrogens with zero attached hydrogens (tertiary/aromatic N) is 2. The van der Waals surface area contributed by atoms with Gasteiger partial charge < -0.3 is 9.30 Å². The van der Waals surface area contributed by atoms with Crippen LogP contribution >= 0.6 is 11.3 Å². The maximum absolute atomic E-state index is 12.9. The standard InChI is InChI=1S/C22H26N2O2S/c1-6-26-10-9-24-19-13-15(3)12-17(5)20(19)27-22(24)23-21(25)18-8-7-14(2)11-16(18)4/h7-8,11-13H,6,9-10H2,1-5H3. The maximum Gasteiger partial charge on any atom is 0.279 e. The third kappa shape index (κ3) is 4.20. The van der Waals surface area contributed by atoms with E-state index in [1.54, 1.807) is 11.3 Å². The Hall–Kier alpha value is -2.24. The molecule has 0 atom stereocenters. The maximum atomic E-state index is 12.9. The summed E-state index contributed by atoms with van der Waals surface area (Å²) in [5.41, 5.74) is 6.28. The van der Waals surface area contributed by atoms with Gasteiger partial charge in [0.25, 0.3) is 5.91 Å². The van der Waals surface area contributed by atoms with Crippen LogP contribution in [-0.4, -0.2) is 23.7 Å². The van der Waals surface area contributed by atoms with Crippen molar-refractivity contribution in [3.05, 3.63) is 63.0 Å². The smallest absolute Gasteiger partial charge is 0.279 e. The van der Waals surface area contributed by atoms with Crippen LogP contribution in [0.5, 0.6) is 0 Å². The fourth-order valence-corrected chi connectivity index (χ4v) is 4.42. The zero-order chi connectivity index (χ0) is 19.6. The minimum atomic E-state index is -0.196. The van der Waals surface area contributed by atoms with E-state index >= 15 is 0 Å². The number of ether oxygens (including phenoxy) is 1. The molecule has 0 unspecified atom stereocenters. The number of aryl methyl sites for hydroxylation is 4. The van der Waals surface area contributed by atoms with Gasteiger partial charge in [0.1, 0.15) is 0 Å². The molecule has 1 heterocycles. The predicted molar refractivity (Wildman–Crippen MR) is 112 cm³/mol. The molecule has 2 aromatic carbocycles. The molecule has 0 aliphatic rings. The van der Waals surface area contributed by atoms with Gasteiger partial charge in [0.2, 0.25) is 0 Å². The minimum Gasteiger partial charge on any atom is -0.380 e. The van der Waals surface area contributed by atoms with E-state index in [0.29, 0.717) is 25.3 Å². The summed E-state index contributed by atoms with van der Waals surface area (Å²) in [6, 6.07) is 10.2. The van der Waals surface area contributed by atoms with Crippen LogP contribution in [0.15, 0.2) is 35.3 Å². The van der Waals surface area contributed by atoms with E-state index in [9.17, 15) is 4.79 Å². The van der Waals surface area contributed by atoms with E-state index in [2.05, 4.69) is 35.5 Å². The zero-order valence-electron chi connectivity index (χ0n) is 16.6. The Balaban J connectivity index is 2.13. The lowest BCUT2D eigenvalue weighted by molar-refractivity contribution is 0.0996. The first-order valence-corrected chi connectivity index (χ1v) is 10.1. The molecule has 0 saturated heterocycles. The van der Waals surface area contributed by atoms with Crippen molar-refractivity contribution < 1.29 is 9.53 Å². The lowest BCUT2D eigenvalue weighted by atomic mass is 10.1. The number of rotatable bonds is 5. The number of hydrogen-bond acceptors (Lipinski definition) is 3. The highest BCUT2D eigenvalue weighted by molar-refractivity contribution is 7.16. The molecule has 3 aromatic rings. The van der Waals surface area contributed by atoms with Gasteiger partial charge in [-0.3, -0.25) is 4.79 Å². The highest BCUT2D eigenvalue weighted by Crippen LogP contribution is 2.23. The molecule has 0 radical (unpaired) electrons. The van der Waals surface area contributed by atoms with Gasteiger partial charge >= 0.3 is 0 Å². The zero-order valence-corrected chi connectivity index (χ0v) is 17.4. The van der Waals surface area contributed by atoms with Crippen molar-refractivity contribution in [3.8, 4) is 0 Å². The average Bonchev–Trinajstić information content (AvgIpc) is 2.93. The van der Waals surface area contributed by atoms with Crippen LogP contribution in [0.1, 0.15) is 39.5 Å². The number of aromatic nitrogens is 1. The number of thiazole rings is 1. The van der Waals surface area contributed by atoms with Gasteiger partial charge in [0, 0.05) is 18.7 Å². The summed E-state index contributed by atoms with van der Waals surface area (Å²) < 4.78 is 8.83. The van der Waals surface area contributed by atoms with Crippen LogP contribution in [0.3, 0.4) is 0 Å². The van der Waals surface area contributed by atoms with E-state index in [1.807, 2.05) is 39.0 Å². The quantitative estimate of drug-likeness (QED) is 0.600. The highest BCUT2D eigenvalue weighted by atomic mass is 32.1. The summed E-state index contributed by atoms with van der Waals surface area (Å²) in [7, 11) is 0. The Kier molecular flexibility index (Phi) is 5.92. The van der Waals surface area contributed by atoms with Gasteiger partial charge in [-0.05, 0) is 63.4 Å². The van der Waals surface area contributed by atoms with Gasteiger partial charge in [-0.25, -0.2) is 0 Å². The second-order valence-electron chi connectivity index (χ2n) is 6.90. The lowest BCUT2D eigenvalue weighted by Crippen LogP contribution is -2.20. The van der Waals surface area contributed by atoms with Crippen LogP contribution in [0.25, 0.3) is 10.2 Å². The first-order valence-electron chi connectivity index (χ1n) is 9.25. The van der Waals surface area contributed by atoms with Crippen LogP contribution < -0.4 is 4.80 Å². The van der Waals surface area contributed by atoms with Crippen molar-refractivity contribution in [2.75, 3.05) is 13.2 Å². The fraction of sp³-hybridized carbons (Fsp3) is 0.364. The van der Waals surface area contributed by atoms with E-state index in [-0.39, 0.29) is 5.91 Å². The summed E-state index contributed by atoms with van der Waals surface area (Å²) >= 11 is 1.57. The van der Waals surface area contributed by atoms with Gasteiger partial charge in [0.05, 0.1) is 16.8 Å². The number of carbonyl (C=O) groups excluding carboxylic acids is 1. The van der Waals surface area contributed by atoms with E-state index in [1.165, 1.54) is 15.8 Å². The van der Waals surface area contributed by atoms with Crippen molar-refractivity contribution in [3.63, 3.8) is 0 Å². The van der Waals surface area contributed by atoms with Crippen LogP contribution in [0.4, 0.5) is 0 Å². The van der Waals surface area contributed by atoms with E-state index in [4.69, 9.17) is 4.74 Å². The molecule has 1 aromatic heterocycles. The summed E-state index contributed by atoms with van der Waals surface area (Å²) in [5.74, 6) is -0.196. The largest absolute Gasteiger partial charge is 0.380 e. The number of carbonyl (C=O) groups is 1. The molecule has 27 heavy (non-hydrogen) atoms. The Morgan fingerprint density at radius 3 is 2.52 bits per heavy atom. The average molecular weight is 383 g/mol.